The van der Waals surface area contributed by atoms with Gasteiger partial charge in [-0.3, -0.25) is 9.89 Å². The molecule has 2 heterocycles. The van der Waals surface area contributed by atoms with Gasteiger partial charge >= 0.3 is 0 Å². The number of halogens is 1. The molecule has 1 aromatic rings. The van der Waals surface area contributed by atoms with E-state index >= 15 is 0 Å². The van der Waals surface area contributed by atoms with Gasteiger partial charge in [0.15, 0.2) is 5.96 Å². The molecule has 0 saturated carbocycles. The molecular weight excluding hydrogens is 475 g/mol. The smallest absolute Gasteiger partial charge is 0.193 e. The van der Waals surface area contributed by atoms with E-state index in [2.05, 4.69) is 65.4 Å². The SMILES string of the molecule is CCNC(=NCC(C)CN1CCOCC1)N1CCC(=Cc2ccccc2)CC1.I. The van der Waals surface area contributed by atoms with Crippen LogP contribution >= 0.6 is 24.0 Å². The Kier molecular flexibility index (Phi) is 11.0. The minimum absolute atomic E-state index is 0. The summed E-state index contributed by atoms with van der Waals surface area (Å²) in [5.74, 6) is 1.64. The molecule has 1 unspecified atom stereocenters. The zero-order valence-electron chi connectivity index (χ0n) is 18.0. The molecule has 5 nitrogen and oxygen atoms in total. The minimum atomic E-state index is 0. The van der Waals surface area contributed by atoms with E-state index in [0.717, 1.165) is 77.8 Å². The molecule has 0 spiro atoms. The summed E-state index contributed by atoms with van der Waals surface area (Å²) in [6.07, 6.45) is 4.58. The third kappa shape index (κ3) is 8.26. The van der Waals surface area contributed by atoms with Crippen molar-refractivity contribution in [2.45, 2.75) is 26.7 Å². The third-order valence-electron chi connectivity index (χ3n) is 5.44. The molecule has 162 valence electrons. The van der Waals surface area contributed by atoms with E-state index in [1.165, 1.54) is 5.56 Å². The van der Waals surface area contributed by atoms with Gasteiger partial charge in [0.05, 0.1) is 13.2 Å². The number of hydrogen-bond acceptors (Lipinski definition) is 3. The molecule has 1 N–H and O–H groups in total. The summed E-state index contributed by atoms with van der Waals surface area (Å²) in [5, 5.41) is 3.50. The number of morpholine rings is 1. The standard InChI is InChI=1S/C23H36N4O.HI/c1-3-24-23(25-18-20(2)19-26-13-15-28-16-14-26)27-11-9-22(10-12-27)17-21-7-5-4-6-8-21;/h4-8,17,20H,3,9-16,18-19H2,1-2H3,(H,24,25);1H. The fourth-order valence-electron chi connectivity index (χ4n) is 3.89. The number of nitrogens with one attached hydrogen (secondary N) is 1. The van der Waals surface area contributed by atoms with Crippen molar-refractivity contribution < 1.29 is 4.74 Å². The van der Waals surface area contributed by atoms with E-state index in [9.17, 15) is 0 Å². The summed E-state index contributed by atoms with van der Waals surface area (Å²) in [5.41, 5.74) is 2.85. The Hall–Kier alpha value is -1.12. The molecule has 0 amide bonds. The minimum Gasteiger partial charge on any atom is -0.379 e. The summed E-state index contributed by atoms with van der Waals surface area (Å²) in [6, 6.07) is 10.6. The molecule has 3 rings (SSSR count). The number of likely N-dealkylation sites (tertiary alicyclic amines) is 1. The lowest BCUT2D eigenvalue weighted by molar-refractivity contribution is 0.0323. The van der Waals surface area contributed by atoms with Crippen molar-refractivity contribution >= 4 is 36.0 Å². The molecule has 1 atom stereocenters. The fourth-order valence-corrected chi connectivity index (χ4v) is 3.89. The number of benzene rings is 1. The highest BCUT2D eigenvalue weighted by Crippen LogP contribution is 2.19. The lowest BCUT2D eigenvalue weighted by Gasteiger charge is -2.32. The molecule has 0 aromatic heterocycles. The van der Waals surface area contributed by atoms with Crippen molar-refractivity contribution in [2.24, 2.45) is 10.9 Å². The molecule has 2 fully saturated rings. The zero-order valence-corrected chi connectivity index (χ0v) is 20.3. The summed E-state index contributed by atoms with van der Waals surface area (Å²) >= 11 is 0. The Labute approximate surface area is 193 Å². The predicted octanol–water partition coefficient (Wildman–Crippen LogP) is 3.72. The predicted molar refractivity (Wildman–Crippen MR) is 133 cm³/mol. The third-order valence-corrected chi connectivity index (χ3v) is 5.44. The Morgan fingerprint density at radius 3 is 2.48 bits per heavy atom. The lowest BCUT2D eigenvalue weighted by atomic mass is 10.0. The Bertz CT molecular complexity index is 634. The first-order valence-corrected chi connectivity index (χ1v) is 10.8. The molecule has 29 heavy (non-hydrogen) atoms. The van der Waals surface area contributed by atoms with Crippen LogP contribution in [-0.2, 0) is 4.74 Å². The van der Waals surface area contributed by atoms with Crippen LogP contribution in [0.25, 0.3) is 6.08 Å². The average molecular weight is 512 g/mol. The van der Waals surface area contributed by atoms with Crippen molar-refractivity contribution in [3.8, 4) is 0 Å². The van der Waals surface area contributed by atoms with Gasteiger partial charge in [-0.25, -0.2) is 0 Å². The first-order valence-electron chi connectivity index (χ1n) is 10.8. The van der Waals surface area contributed by atoms with Gasteiger partial charge in [0.1, 0.15) is 0 Å². The molecule has 0 radical (unpaired) electrons. The topological polar surface area (TPSA) is 40.1 Å². The van der Waals surface area contributed by atoms with Crippen molar-refractivity contribution in [2.75, 3.05) is 59.0 Å². The molecular formula is C23H37IN4O. The molecule has 2 aliphatic rings. The highest BCUT2D eigenvalue weighted by Gasteiger charge is 2.18. The van der Waals surface area contributed by atoms with Crippen LogP contribution in [0.1, 0.15) is 32.3 Å². The monoisotopic (exact) mass is 512 g/mol. The fraction of sp³-hybridized carbons (Fsp3) is 0.609. The van der Waals surface area contributed by atoms with Gasteiger partial charge in [0.25, 0.3) is 0 Å². The second-order valence-electron chi connectivity index (χ2n) is 7.91. The van der Waals surface area contributed by atoms with Crippen molar-refractivity contribution in [1.82, 2.24) is 15.1 Å². The summed E-state index contributed by atoms with van der Waals surface area (Å²) in [6.45, 7) is 13.3. The molecule has 2 aliphatic heterocycles. The Balaban J connectivity index is 0.00000300. The van der Waals surface area contributed by atoms with Crippen molar-refractivity contribution in [1.29, 1.82) is 0 Å². The number of hydrogen-bond donors (Lipinski definition) is 1. The van der Waals surface area contributed by atoms with E-state index < -0.39 is 0 Å². The van der Waals surface area contributed by atoms with Gasteiger partial charge in [-0.2, -0.15) is 0 Å². The highest BCUT2D eigenvalue weighted by molar-refractivity contribution is 14.0. The van der Waals surface area contributed by atoms with Gasteiger partial charge in [0, 0.05) is 45.8 Å². The van der Waals surface area contributed by atoms with Gasteiger partial charge < -0.3 is 15.0 Å². The molecule has 2 saturated heterocycles. The second-order valence-corrected chi connectivity index (χ2v) is 7.91. The number of rotatable bonds is 6. The number of piperidine rings is 1. The Morgan fingerprint density at radius 1 is 1.14 bits per heavy atom. The number of guanidine groups is 1. The van der Waals surface area contributed by atoms with Crippen LogP contribution in [0.5, 0.6) is 0 Å². The maximum Gasteiger partial charge on any atom is 0.193 e. The Morgan fingerprint density at radius 2 is 1.83 bits per heavy atom. The highest BCUT2D eigenvalue weighted by atomic mass is 127. The number of ether oxygens (including phenoxy) is 1. The first-order chi connectivity index (χ1) is 13.7. The normalized spacial score (nSPS) is 19.4. The van der Waals surface area contributed by atoms with E-state index in [-0.39, 0.29) is 24.0 Å². The summed E-state index contributed by atoms with van der Waals surface area (Å²) in [7, 11) is 0. The zero-order chi connectivity index (χ0) is 19.6. The molecule has 1 aromatic carbocycles. The van der Waals surface area contributed by atoms with Crippen LogP contribution in [0.15, 0.2) is 40.9 Å². The van der Waals surface area contributed by atoms with Crippen molar-refractivity contribution in [3.05, 3.63) is 41.5 Å². The first kappa shape index (κ1) is 24.2. The average Bonchev–Trinajstić information content (AvgIpc) is 2.73. The van der Waals surface area contributed by atoms with Crippen LogP contribution in [-0.4, -0.2) is 74.8 Å². The van der Waals surface area contributed by atoms with Crippen molar-refractivity contribution in [3.63, 3.8) is 0 Å². The van der Waals surface area contributed by atoms with E-state index in [0.29, 0.717) is 5.92 Å². The quantitative estimate of drug-likeness (QED) is 0.359. The van der Waals surface area contributed by atoms with Gasteiger partial charge in [-0.05, 0) is 31.2 Å². The van der Waals surface area contributed by atoms with Crippen LogP contribution < -0.4 is 5.32 Å². The van der Waals surface area contributed by atoms with E-state index in [1.807, 2.05) is 0 Å². The lowest BCUT2D eigenvalue weighted by Crippen LogP contribution is -2.45. The number of nitrogens with zero attached hydrogens (tertiary/aromatic N) is 3. The van der Waals surface area contributed by atoms with Gasteiger partial charge in [-0.1, -0.05) is 48.9 Å². The molecule has 0 bridgehead atoms. The van der Waals surface area contributed by atoms with E-state index in [1.54, 1.807) is 5.57 Å². The van der Waals surface area contributed by atoms with Crippen LogP contribution in [0.2, 0.25) is 0 Å². The second kappa shape index (κ2) is 13.2. The van der Waals surface area contributed by atoms with Gasteiger partial charge in [0.2, 0.25) is 0 Å². The maximum absolute atomic E-state index is 5.45. The molecule has 6 heteroatoms. The summed E-state index contributed by atoms with van der Waals surface area (Å²) < 4.78 is 5.45. The number of aliphatic imine (C=N–C) groups is 1. The largest absolute Gasteiger partial charge is 0.379 e. The van der Waals surface area contributed by atoms with Crippen LogP contribution in [0.4, 0.5) is 0 Å². The molecule has 0 aliphatic carbocycles. The maximum atomic E-state index is 5.45. The summed E-state index contributed by atoms with van der Waals surface area (Å²) in [4.78, 5) is 9.89. The van der Waals surface area contributed by atoms with Crippen LogP contribution in [0, 0.1) is 5.92 Å². The van der Waals surface area contributed by atoms with Gasteiger partial charge in [-0.15, -0.1) is 24.0 Å². The van der Waals surface area contributed by atoms with E-state index in [4.69, 9.17) is 9.73 Å². The van der Waals surface area contributed by atoms with Crippen LogP contribution in [0.3, 0.4) is 0 Å².